The number of carbonyl (C=O) groups is 2. The lowest BCUT2D eigenvalue weighted by molar-refractivity contribution is -0.139. The fourth-order valence-corrected chi connectivity index (χ4v) is 0.213. The number of hydrogen-bond donors (Lipinski definition) is 2. The van der Waals surface area contributed by atoms with Gasteiger partial charge in [-0.2, -0.15) is 0 Å². The van der Waals surface area contributed by atoms with Crippen LogP contribution in [0.3, 0.4) is 0 Å². The smallest absolute Gasteiger partial charge is 0.310 e. The van der Waals surface area contributed by atoms with Gasteiger partial charge in [-0.15, -0.1) is 0 Å². The van der Waals surface area contributed by atoms with E-state index in [4.69, 9.17) is 10.8 Å². The van der Waals surface area contributed by atoms with Crippen LogP contribution in [0.4, 0.5) is 0 Å². The van der Waals surface area contributed by atoms with Gasteiger partial charge in [-0.1, -0.05) is 6.92 Å². The third-order valence-corrected chi connectivity index (χ3v) is 0.400. The molecule has 0 bridgehead atoms. The number of aliphatic carboxylic acids is 1. The molecule has 0 aromatic rings. The fourth-order valence-electron chi connectivity index (χ4n) is 0.213. The number of nitrogens with two attached hydrogens (primary N) is 1. The lowest BCUT2D eigenvalue weighted by Crippen LogP contribution is -2.00. The van der Waals surface area contributed by atoms with Gasteiger partial charge in [0.15, 0.2) is 0 Å². The van der Waals surface area contributed by atoms with Crippen LogP contribution >= 0.6 is 0 Å². The van der Waals surface area contributed by atoms with Crippen molar-refractivity contribution in [3.8, 4) is 0 Å². The Balaban J connectivity index is 0. The molecule has 0 aliphatic heterocycles. The van der Waals surface area contributed by atoms with Crippen molar-refractivity contribution in [1.29, 1.82) is 0 Å². The van der Waals surface area contributed by atoms with Crippen LogP contribution in [-0.2, 0) is 9.59 Å². The van der Waals surface area contributed by atoms with E-state index in [0.29, 0.717) is 0 Å². The molecule has 0 saturated heterocycles. The van der Waals surface area contributed by atoms with Gasteiger partial charge in [-0.05, 0) is 13.5 Å². The molecule has 10 heavy (non-hydrogen) atoms. The zero-order valence-electron chi connectivity index (χ0n) is 6.26. The number of ketones is 1. The van der Waals surface area contributed by atoms with Crippen molar-refractivity contribution in [3.63, 3.8) is 0 Å². The maximum Gasteiger partial charge on any atom is 0.310 e. The highest BCUT2D eigenvalue weighted by atomic mass is 16.4. The van der Waals surface area contributed by atoms with Gasteiger partial charge in [0, 0.05) is 0 Å². The molecule has 0 atom stereocenters. The summed E-state index contributed by atoms with van der Waals surface area (Å²) in [6.07, 6.45) is -0.361. The standard InChI is InChI=1S/C4H6O3.C2H7N/c1-3(5)2-4(6)7;1-2-3/h2H2,1H3,(H,6,7);2-3H2,1H3. The highest BCUT2D eigenvalue weighted by Crippen LogP contribution is 1.77. The second-order valence-electron chi connectivity index (χ2n) is 1.68. The molecule has 0 unspecified atom stereocenters. The predicted octanol–water partition coefficient (Wildman–Crippen LogP) is 0.0151. The summed E-state index contributed by atoms with van der Waals surface area (Å²) in [6, 6.07) is 0. The molecule has 0 saturated carbocycles. The third-order valence-electron chi connectivity index (χ3n) is 0.400. The first-order valence-corrected chi connectivity index (χ1v) is 2.95. The van der Waals surface area contributed by atoms with Crippen LogP contribution in [0.25, 0.3) is 0 Å². The molecule has 0 spiro atoms. The average molecular weight is 147 g/mol. The Bertz CT molecular complexity index is 99.6. The van der Waals surface area contributed by atoms with Gasteiger partial charge in [-0.25, -0.2) is 0 Å². The molecule has 0 fully saturated rings. The van der Waals surface area contributed by atoms with Gasteiger partial charge in [0.1, 0.15) is 12.2 Å². The Morgan fingerprint density at radius 3 is 1.80 bits per heavy atom. The lowest BCUT2D eigenvalue weighted by Gasteiger charge is -1.80. The van der Waals surface area contributed by atoms with Crippen LogP contribution in [-0.4, -0.2) is 23.4 Å². The minimum Gasteiger partial charge on any atom is -0.481 e. The normalized spacial score (nSPS) is 7.50. The number of carboxylic acid groups (broad SMARTS) is 1. The fraction of sp³-hybridized carbons (Fsp3) is 0.667. The molecule has 3 N–H and O–H groups in total. The molecule has 0 heterocycles. The summed E-state index contributed by atoms with van der Waals surface area (Å²) < 4.78 is 0. The molecule has 0 radical (unpaired) electrons. The summed E-state index contributed by atoms with van der Waals surface area (Å²) in [6.45, 7) is 3.90. The van der Waals surface area contributed by atoms with E-state index in [1.807, 2.05) is 6.92 Å². The van der Waals surface area contributed by atoms with E-state index < -0.39 is 5.97 Å². The molecule has 0 amide bonds. The van der Waals surface area contributed by atoms with Gasteiger partial charge in [0.05, 0.1) is 0 Å². The molecule has 0 aromatic heterocycles. The van der Waals surface area contributed by atoms with E-state index in [2.05, 4.69) is 0 Å². The van der Waals surface area contributed by atoms with Crippen molar-refractivity contribution in [3.05, 3.63) is 0 Å². The Hall–Kier alpha value is -0.900. The minimum absolute atomic E-state index is 0.312. The molecule has 0 aromatic carbocycles. The number of carboxylic acids is 1. The van der Waals surface area contributed by atoms with Crippen molar-refractivity contribution in [2.24, 2.45) is 5.73 Å². The molecule has 0 aliphatic rings. The maximum absolute atomic E-state index is 9.87. The van der Waals surface area contributed by atoms with Gasteiger partial charge >= 0.3 is 5.97 Å². The maximum atomic E-state index is 9.87. The van der Waals surface area contributed by atoms with Gasteiger partial charge in [-0.3, -0.25) is 9.59 Å². The first-order valence-electron chi connectivity index (χ1n) is 2.95. The van der Waals surface area contributed by atoms with Crippen molar-refractivity contribution in [2.45, 2.75) is 20.3 Å². The molecular formula is C6H13NO3. The molecule has 0 rings (SSSR count). The van der Waals surface area contributed by atoms with Crippen molar-refractivity contribution in [2.75, 3.05) is 6.54 Å². The van der Waals surface area contributed by atoms with Crippen molar-refractivity contribution >= 4 is 11.8 Å². The quantitative estimate of drug-likeness (QED) is 0.539. The van der Waals surface area contributed by atoms with E-state index in [1.165, 1.54) is 6.92 Å². The highest BCUT2D eigenvalue weighted by Gasteiger charge is 1.98. The summed E-state index contributed by atoms with van der Waals surface area (Å²) in [7, 11) is 0. The SMILES string of the molecule is CC(=O)CC(=O)O.CCN. The minimum atomic E-state index is -1.06. The molecule has 0 aliphatic carbocycles. The molecule has 4 nitrogen and oxygen atoms in total. The Kier molecular flexibility index (Phi) is 9.59. The Labute approximate surface area is 60.0 Å². The van der Waals surface area contributed by atoms with Crippen LogP contribution in [0.15, 0.2) is 0 Å². The van der Waals surface area contributed by atoms with E-state index in [0.717, 1.165) is 6.54 Å². The molecule has 60 valence electrons. The van der Waals surface area contributed by atoms with Gasteiger partial charge in [0.25, 0.3) is 0 Å². The number of Topliss-reactive ketones (excluding diaryl/α,β-unsaturated/α-hetero) is 1. The highest BCUT2D eigenvalue weighted by molar-refractivity contribution is 5.93. The van der Waals surface area contributed by atoms with Crippen molar-refractivity contribution < 1.29 is 14.7 Å². The van der Waals surface area contributed by atoms with Crippen LogP contribution in [0.1, 0.15) is 20.3 Å². The summed E-state index contributed by atoms with van der Waals surface area (Å²) in [5.41, 5.74) is 4.85. The van der Waals surface area contributed by atoms with E-state index in [1.54, 1.807) is 0 Å². The van der Waals surface area contributed by atoms with Gasteiger partial charge < -0.3 is 10.8 Å². The first kappa shape index (κ1) is 11.8. The summed E-state index contributed by atoms with van der Waals surface area (Å²) in [4.78, 5) is 19.5. The Morgan fingerprint density at radius 1 is 1.50 bits per heavy atom. The molecule has 4 heteroatoms. The van der Waals surface area contributed by atoms with E-state index in [9.17, 15) is 9.59 Å². The zero-order valence-corrected chi connectivity index (χ0v) is 6.26. The topological polar surface area (TPSA) is 80.4 Å². The van der Waals surface area contributed by atoms with Crippen LogP contribution in [0, 0.1) is 0 Å². The predicted molar refractivity (Wildman–Crippen MR) is 37.7 cm³/mol. The number of carbonyl (C=O) groups excluding carboxylic acids is 1. The Morgan fingerprint density at radius 2 is 1.80 bits per heavy atom. The lowest BCUT2D eigenvalue weighted by atomic mass is 10.3. The van der Waals surface area contributed by atoms with Crippen LogP contribution in [0.5, 0.6) is 0 Å². The summed E-state index contributed by atoms with van der Waals surface area (Å²) >= 11 is 0. The molecular weight excluding hydrogens is 134 g/mol. The summed E-state index contributed by atoms with van der Waals surface area (Å²) in [5, 5.41) is 7.86. The third kappa shape index (κ3) is 27.5. The second-order valence-corrected chi connectivity index (χ2v) is 1.68. The first-order chi connectivity index (χ1) is 4.54. The van der Waals surface area contributed by atoms with Gasteiger partial charge in [0.2, 0.25) is 0 Å². The van der Waals surface area contributed by atoms with Crippen LogP contribution < -0.4 is 5.73 Å². The average Bonchev–Trinajstić information content (AvgIpc) is 1.62. The van der Waals surface area contributed by atoms with E-state index in [-0.39, 0.29) is 12.2 Å². The number of rotatable bonds is 2. The number of hydrogen-bond acceptors (Lipinski definition) is 3. The second kappa shape index (κ2) is 8.10. The monoisotopic (exact) mass is 147 g/mol. The summed E-state index contributed by atoms with van der Waals surface area (Å²) in [5.74, 6) is -1.37. The van der Waals surface area contributed by atoms with Crippen molar-refractivity contribution in [1.82, 2.24) is 0 Å². The van der Waals surface area contributed by atoms with Crippen LogP contribution in [0.2, 0.25) is 0 Å². The largest absolute Gasteiger partial charge is 0.481 e. The zero-order chi connectivity index (χ0) is 8.57. The van der Waals surface area contributed by atoms with E-state index >= 15 is 0 Å².